The molecule has 7 heteroatoms. The molecule has 1 amide bonds. The highest BCUT2D eigenvalue weighted by Crippen LogP contribution is 2.43. The van der Waals surface area contributed by atoms with E-state index < -0.39 is 0 Å². The molecule has 1 aliphatic heterocycles. The second-order valence-corrected chi connectivity index (χ2v) is 7.98. The predicted octanol–water partition coefficient (Wildman–Crippen LogP) is 4.95. The van der Waals surface area contributed by atoms with Gasteiger partial charge in [-0.3, -0.25) is 9.69 Å². The molecular weight excluding hydrogens is 383 g/mol. The molecule has 0 N–H and O–H groups in total. The second-order valence-electron chi connectivity index (χ2n) is 6.20. The van der Waals surface area contributed by atoms with Crippen LogP contribution in [0.2, 0.25) is 0 Å². The summed E-state index contributed by atoms with van der Waals surface area (Å²) < 4.78 is 19.0. The third-order valence-corrected chi connectivity index (χ3v) is 6.17. The van der Waals surface area contributed by atoms with Crippen molar-refractivity contribution in [1.29, 1.82) is 0 Å². The smallest absolute Gasteiger partial charge is 0.238 e. The van der Waals surface area contributed by atoms with Gasteiger partial charge in [-0.1, -0.05) is 12.1 Å². The standard InChI is InChI=1S/C20H17FN2O2S2/c1-13-8-17(25-9-16-10-26-12-22-16)6-7-18(13)23-19(24)11-27-20(23)14-2-4-15(21)5-3-14/h2-8,10,12,20H,9,11H2,1H3. The van der Waals surface area contributed by atoms with Crippen molar-refractivity contribution in [2.24, 2.45) is 0 Å². The molecule has 0 aliphatic carbocycles. The van der Waals surface area contributed by atoms with Crippen LogP contribution in [0.4, 0.5) is 10.1 Å². The fourth-order valence-electron chi connectivity index (χ4n) is 3.01. The van der Waals surface area contributed by atoms with Crippen LogP contribution in [0.15, 0.2) is 53.4 Å². The third kappa shape index (κ3) is 3.84. The van der Waals surface area contributed by atoms with E-state index in [1.807, 2.05) is 30.5 Å². The number of benzene rings is 2. The lowest BCUT2D eigenvalue weighted by Crippen LogP contribution is -2.28. The molecule has 4 nitrogen and oxygen atoms in total. The summed E-state index contributed by atoms with van der Waals surface area (Å²) in [7, 11) is 0. The van der Waals surface area contributed by atoms with Crippen LogP contribution in [0.1, 0.15) is 22.2 Å². The molecule has 1 aromatic heterocycles. The van der Waals surface area contributed by atoms with Crippen LogP contribution in [-0.2, 0) is 11.4 Å². The Balaban J connectivity index is 1.57. The van der Waals surface area contributed by atoms with Gasteiger partial charge < -0.3 is 4.74 Å². The lowest BCUT2D eigenvalue weighted by Gasteiger charge is -2.26. The summed E-state index contributed by atoms with van der Waals surface area (Å²) in [4.78, 5) is 18.5. The quantitative estimate of drug-likeness (QED) is 0.608. The van der Waals surface area contributed by atoms with Gasteiger partial charge in [-0.05, 0) is 48.4 Å². The summed E-state index contributed by atoms with van der Waals surface area (Å²) in [5.41, 5.74) is 5.38. The molecule has 0 bridgehead atoms. The number of hydrogen-bond donors (Lipinski definition) is 0. The lowest BCUT2D eigenvalue weighted by molar-refractivity contribution is -0.115. The lowest BCUT2D eigenvalue weighted by atomic mass is 10.1. The van der Waals surface area contributed by atoms with E-state index in [4.69, 9.17) is 4.74 Å². The first-order valence-corrected chi connectivity index (χ1v) is 10.4. The maximum Gasteiger partial charge on any atom is 0.238 e. The average Bonchev–Trinajstić information content (AvgIpc) is 3.31. The molecule has 0 spiro atoms. The number of nitrogens with zero attached hydrogens (tertiary/aromatic N) is 2. The molecule has 138 valence electrons. The maximum atomic E-state index is 13.2. The summed E-state index contributed by atoms with van der Waals surface area (Å²) >= 11 is 3.08. The Kier molecular flexibility index (Phi) is 5.13. The minimum Gasteiger partial charge on any atom is -0.487 e. The van der Waals surface area contributed by atoms with Crippen molar-refractivity contribution < 1.29 is 13.9 Å². The molecule has 1 atom stereocenters. The number of aromatic nitrogens is 1. The number of amides is 1. The normalized spacial score (nSPS) is 16.7. The van der Waals surface area contributed by atoms with Crippen LogP contribution in [0.25, 0.3) is 0 Å². The highest BCUT2D eigenvalue weighted by atomic mass is 32.2. The van der Waals surface area contributed by atoms with Gasteiger partial charge in [0.1, 0.15) is 23.5 Å². The van der Waals surface area contributed by atoms with E-state index in [-0.39, 0.29) is 17.1 Å². The van der Waals surface area contributed by atoms with Crippen LogP contribution in [0.5, 0.6) is 5.75 Å². The molecule has 4 rings (SSSR count). The number of carbonyl (C=O) groups is 1. The Morgan fingerprint density at radius 1 is 1.26 bits per heavy atom. The number of aryl methyl sites for hydroxylation is 1. The minimum atomic E-state index is -0.280. The molecule has 1 fully saturated rings. The zero-order valence-electron chi connectivity index (χ0n) is 14.6. The maximum absolute atomic E-state index is 13.2. The Bertz CT molecular complexity index is 945. The highest BCUT2D eigenvalue weighted by molar-refractivity contribution is 8.00. The summed E-state index contributed by atoms with van der Waals surface area (Å²) in [6, 6.07) is 12.0. The van der Waals surface area contributed by atoms with Gasteiger partial charge in [-0.25, -0.2) is 9.37 Å². The summed E-state index contributed by atoms with van der Waals surface area (Å²) in [5, 5.41) is 1.80. The first-order chi connectivity index (χ1) is 13.1. The second kappa shape index (κ2) is 7.70. The predicted molar refractivity (Wildman–Crippen MR) is 107 cm³/mol. The van der Waals surface area contributed by atoms with Gasteiger partial charge in [-0.2, -0.15) is 0 Å². The highest BCUT2D eigenvalue weighted by Gasteiger charge is 2.34. The van der Waals surface area contributed by atoms with Crippen molar-refractivity contribution in [2.75, 3.05) is 10.7 Å². The summed E-state index contributed by atoms with van der Waals surface area (Å²) in [6.45, 7) is 2.38. The van der Waals surface area contributed by atoms with E-state index >= 15 is 0 Å². The molecule has 0 saturated carbocycles. The zero-order valence-corrected chi connectivity index (χ0v) is 16.2. The van der Waals surface area contributed by atoms with E-state index in [2.05, 4.69) is 4.98 Å². The number of anilines is 1. The van der Waals surface area contributed by atoms with Crippen molar-refractivity contribution in [2.45, 2.75) is 18.9 Å². The number of thiazole rings is 1. The number of halogens is 1. The number of thioether (sulfide) groups is 1. The van der Waals surface area contributed by atoms with Crippen LogP contribution in [-0.4, -0.2) is 16.6 Å². The molecule has 1 aliphatic rings. The van der Waals surface area contributed by atoms with E-state index in [9.17, 15) is 9.18 Å². The van der Waals surface area contributed by atoms with E-state index in [1.54, 1.807) is 34.3 Å². The van der Waals surface area contributed by atoms with Gasteiger partial charge in [-0.15, -0.1) is 23.1 Å². The van der Waals surface area contributed by atoms with Crippen molar-refractivity contribution in [1.82, 2.24) is 4.98 Å². The number of hydrogen-bond acceptors (Lipinski definition) is 5. The fraction of sp³-hybridized carbons (Fsp3) is 0.200. The Labute approximate surface area is 165 Å². The van der Waals surface area contributed by atoms with Gasteiger partial charge >= 0.3 is 0 Å². The number of rotatable bonds is 5. The molecule has 2 heterocycles. The van der Waals surface area contributed by atoms with E-state index in [0.717, 1.165) is 28.3 Å². The van der Waals surface area contributed by atoms with Crippen molar-refractivity contribution in [3.05, 3.63) is 76.0 Å². The summed E-state index contributed by atoms with van der Waals surface area (Å²) in [5.74, 6) is 0.914. The third-order valence-electron chi connectivity index (χ3n) is 4.32. The average molecular weight is 401 g/mol. The van der Waals surface area contributed by atoms with Gasteiger partial charge in [0.15, 0.2) is 0 Å². The molecule has 1 unspecified atom stereocenters. The molecule has 2 aromatic carbocycles. The van der Waals surface area contributed by atoms with Crippen molar-refractivity contribution in [3.63, 3.8) is 0 Å². The van der Waals surface area contributed by atoms with Crippen LogP contribution in [0, 0.1) is 12.7 Å². The molecule has 3 aromatic rings. The van der Waals surface area contributed by atoms with Crippen LogP contribution >= 0.6 is 23.1 Å². The minimum absolute atomic E-state index is 0.0496. The van der Waals surface area contributed by atoms with Gasteiger partial charge in [0.25, 0.3) is 0 Å². The monoisotopic (exact) mass is 400 g/mol. The number of ether oxygens (including phenoxy) is 1. The SMILES string of the molecule is Cc1cc(OCc2cscn2)ccc1N1C(=O)CSC1c1ccc(F)cc1. The first-order valence-electron chi connectivity index (χ1n) is 8.41. The van der Waals surface area contributed by atoms with Gasteiger partial charge in [0, 0.05) is 11.1 Å². The van der Waals surface area contributed by atoms with Gasteiger partial charge in [0.2, 0.25) is 5.91 Å². The Hall–Kier alpha value is -2.38. The van der Waals surface area contributed by atoms with Crippen LogP contribution < -0.4 is 9.64 Å². The Morgan fingerprint density at radius 3 is 2.78 bits per heavy atom. The number of carbonyl (C=O) groups excluding carboxylic acids is 1. The first kappa shape index (κ1) is 18.0. The Morgan fingerprint density at radius 2 is 2.07 bits per heavy atom. The van der Waals surface area contributed by atoms with E-state index in [0.29, 0.717) is 12.4 Å². The van der Waals surface area contributed by atoms with E-state index in [1.165, 1.54) is 23.5 Å². The summed E-state index contributed by atoms with van der Waals surface area (Å²) in [6.07, 6.45) is 0. The molecule has 0 radical (unpaired) electrons. The topological polar surface area (TPSA) is 42.4 Å². The van der Waals surface area contributed by atoms with Crippen molar-refractivity contribution in [3.8, 4) is 5.75 Å². The van der Waals surface area contributed by atoms with Crippen molar-refractivity contribution >= 4 is 34.7 Å². The largest absolute Gasteiger partial charge is 0.487 e. The zero-order chi connectivity index (χ0) is 18.8. The molecule has 27 heavy (non-hydrogen) atoms. The molecular formula is C20H17FN2O2S2. The fourth-order valence-corrected chi connectivity index (χ4v) is 4.72. The van der Waals surface area contributed by atoms with Gasteiger partial charge in [0.05, 0.1) is 17.0 Å². The van der Waals surface area contributed by atoms with Crippen LogP contribution in [0.3, 0.4) is 0 Å². The molecule has 1 saturated heterocycles.